The van der Waals surface area contributed by atoms with Crippen molar-refractivity contribution in [2.75, 3.05) is 11.1 Å². The van der Waals surface area contributed by atoms with E-state index in [1.165, 1.54) is 11.3 Å². The van der Waals surface area contributed by atoms with Crippen LogP contribution in [0, 0.1) is 13.8 Å². The van der Waals surface area contributed by atoms with Gasteiger partial charge in [-0.1, -0.05) is 6.92 Å². The van der Waals surface area contributed by atoms with Gasteiger partial charge in [-0.2, -0.15) is 5.10 Å². The zero-order chi connectivity index (χ0) is 13.3. The van der Waals surface area contributed by atoms with E-state index >= 15 is 0 Å². The van der Waals surface area contributed by atoms with E-state index in [9.17, 15) is 4.79 Å². The maximum absolute atomic E-state index is 12.0. The first-order valence-corrected chi connectivity index (χ1v) is 6.42. The summed E-state index contributed by atoms with van der Waals surface area (Å²) in [5.41, 5.74) is 8.01. The second-order valence-corrected chi connectivity index (χ2v) is 5.14. The number of rotatable bonds is 3. The van der Waals surface area contributed by atoms with Crippen LogP contribution in [-0.4, -0.2) is 21.1 Å². The summed E-state index contributed by atoms with van der Waals surface area (Å²) in [7, 11) is 0. The average Bonchev–Trinajstić information content (AvgIpc) is 2.84. The lowest BCUT2D eigenvalue weighted by molar-refractivity contribution is 0.102. The smallest absolute Gasteiger partial charge is 0.280 e. The number of amides is 1. The fourth-order valence-electron chi connectivity index (χ4n) is 1.58. The van der Waals surface area contributed by atoms with Gasteiger partial charge >= 0.3 is 0 Å². The van der Waals surface area contributed by atoms with Crippen molar-refractivity contribution in [3.05, 3.63) is 22.0 Å². The predicted molar refractivity (Wildman–Crippen MR) is 71.9 cm³/mol. The number of hydrogen-bond acceptors (Lipinski definition) is 5. The average molecular weight is 265 g/mol. The third-order valence-corrected chi connectivity index (χ3v) is 3.59. The Morgan fingerprint density at radius 3 is 2.72 bits per heavy atom. The molecule has 0 atom stereocenters. The van der Waals surface area contributed by atoms with E-state index in [0.29, 0.717) is 16.5 Å². The Balaban J connectivity index is 2.18. The first-order valence-electron chi connectivity index (χ1n) is 5.61. The molecule has 18 heavy (non-hydrogen) atoms. The number of nitrogens with zero attached hydrogens (tertiary/aromatic N) is 2. The fraction of sp³-hybridized carbons (Fsp3) is 0.364. The topological polar surface area (TPSA) is 96.7 Å². The maximum Gasteiger partial charge on any atom is 0.280 e. The molecule has 0 unspecified atom stereocenters. The number of anilines is 2. The number of carbonyl (C=O) groups is 1. The Morgan fingerprint density at radius 2 is 2.22 bits per heavy atom. The molecule has 2 aromatic rings. The first kappa shape index (κ1) is 12.6. The molecule has 0 radical (unpaired) electrons. The molecule has 0 aliphatic carbocycles. The van der Waals surface area contributed by atoms with Crippen LogP contribution in [0.25, 0.3) is 0 Å². The van der Waals surface area contributed by atoms with Crippen LogP contribution in [0.2, 0.25) is 0 Å². The van der Waals surface area contributed by atoms with Gasteiger partial charge in [0.05, 0.1) is 17.1 Å². The van der Waals surface area contributed by atoms with Crippen LogP contribution in [0.15, 0.2) is 0 Å². The van der Waals surface area contributed by atoms with E-state index in [4.69, 9.17) is 5.73 Å². The van der Waals surface area contributed by atoms with E-state index < -0.39 is 0 Å². The zero-order valence-electron chi connectivity index (χ0n) is 10.5. The third-order valence-electron chi connectivity index (χ3n) is 2.66. The highest BCUT2D eigenvalue weighted by Gasteiger charge is 2.17. The van der Waals surface area contributed by atoms with Gasteiger partial charge in [-0.3, -0.25) is 15.2 Å². The molecule has 0 aromatic carbocycles. The van der Waals surface area contributed by atoms with E-state index in [2.05, 4.69) is 20.5 Å². The second-order valence-electron chi connectivity index (χ2n) is 3.94. The second kappa shape index (κ2) is 4.77. The van der Waals surface area contributed by atoms with Gasteiger partial charge in [-0.25, -0.2) is 4.98 Å². The Morgan fingerprint density at radius 1 is 1.50 bits per heavy atom. The molecule has 0 saturated heterocycles. The highest BCUT2D eigenvalue weighted by Crippen LogP contribution is 2.23. The largest absolute Gasteiger partial charge is 0.395 e. The number of nitrogens with two attached hydrogens (primary N) is 1. The van der Waals surface area contributed by atoms with Crippen molar-refractivity contribution >= 4 is 28.1 Å². The van der Waals surface area contributed by atoms with Crippen LogP contribution in [0.3, 0.4) is 0 Å². The summed E-state index contributed by atoms with van der Waals surface area (Å²) < 4.78 is 0. The van der Waals surface area contributed by atoms with Gasteiger partial charge in [0.25, 0.3) is 5.91 Å². The number of aryl methyl sites for hydroxylation is 3. The van der Waals surface area contributed by atoms with Crippen molar-refractivity contribution in [3.63, 3.8) is 0 Å². The van der Waals surface area contributed by atoms with Crippen molar-refractivity contribution in [1.82, 2.24) is 15.2 Å². The van der Waals surface area contributed by atoms with Crippen LogP contribution in [-0.2, 0) is 6.42 Å². The molecular weight excluding hydrogens is 250 g/mol. The highest BCUT2D eigenvalue weighted by atomic mass is 32.1. The fourth-order valence-corrected chi connectivity index (χ4v) is 2.47. The summed E-state index contributed by atoms with van der Waals surface area (Å²) in [5, 5.41) is 9.85. The Bertz CT molecular complexity index is 586. The molecular formula is C11H15N5OS. The summed E-state index contributed by atoms with van der Waals surface area (Å²) in [4.78, 5) is 17.4. The number of aromatic amines is 1. The van der Waals surface area contributed by atoms with Gasteiger partial charge in [0.15, 0.2) is 10.8 Å². The normalized spacial score (nSPS) is 10.6. The van der Waals surface area contributed by atoms with Gasteiger partial charge in [0.2, 0.25) is 0 Å². The Kier molecular flexibility index (Phi) is 3.33. The molecule has 0 saturated carbocycles. The lowest BCUT2D eigenvalue weighted by Gasteiger charge is -1.98. The molecule has 0 aliphatic heterocycles. The van der Waals surface area contributed by atoms with Gasteiger partial charge < -0.3 is 5.73 Å². The van der Waals surface area contributed by atoms with Crippen LogP contribution in [0.1, 0.15) is 33.7 Å². The zero-order valence-corrected chi connectivity index (χ0v) is 11.3. The molecule has 4 N–H and O–H groups in total. The molecule has 2 heterocycles. The number of H-pyrrole nitrogens is 1. The Hall–Kier alpha value is -1.89. The minimum absolute atomic E-state index is 0.207. The lowest BCUT2D eigenvalue weighted by Crippen LogP contribution is -2.14. The lowest BCUT2D eigenvalue weighted by atomic mass is 10.3. The number of nitrogen functional groups attached to an aromatic ring is 1. The van der Waals surface area contributed by atoms with Gasteiger partial charge in [0, 0.05) is 4.88 Å². The quantitative estimate of drug-likeness (QED) is 0.789. The van der Waals surface area contributed by atoms with E-state index in [1.54, 1.807) is 6.92 Å². The van der Waals surface area contributed by atoms with Crippen molar-refractivity contribution in [3.8, 4) is 0 Å². The van der Waals surface area contributed by atoms with E-state index in [0.717, 1.165) is 17.0 Å². The predicted octanol–water partition coefficient (Wildman–Crippen LogP) is 1.88. The van der Waals surface area contributed by atoms with Crippen LogP contribution in [0.5, 0.6) is 0 Å². The Labute approximate surface area is 109 Å². The molecule has 1 amide bonds. The van der Waals surface area contributed by atoms with Crippen LogP contribution >= 0.6 is 11.3 Å². The molecule has 0 bridgehead atoms. The number of carbonyl (C=O) groups excluding carboxylic acids is 1. The standard InChI is InChI=1S/C11H15N5OS/c1-4-7-6(3)18-11(13-7)14-10(17)9-8(12)5(2)15-16-9/h4,12H2,1-3H3,(H,15,16)(H,13,14,17). The molecule has 0 fully saturated rings. The maximum atomic E-state index is 12.0. The van der Waals surface area contributed by atoms with Crippen molar-refractivity contribution < 1.29 is 4.79 Å². The first-order chi connectivity index (χ1) is 8.52. The summed E-state index contributed by atoms with van der Waals surface area (Å²) in [6, 6.07) is 0. The summed E-state index contributed by atoms with van der Waals surface area (Å²) in [5.74, 6) is -0.340. The summed E-state index contributed by atoms with van der Waals surface area (Å²) in [6.45, 7) is 5.78. The minimum atomic E-state index is -0.340. The van der Waals surface area contributed by atoms with Gasteiger partial charge in [-0.15, -0.1) is 11.3 Å². The number of nitrogens with one attached hydrogen (secondary N) is 2. The summed E-state index contributed by atoms with van der Waals surface area (Å²) >= 11 is 1.45. The van der Waals surface area contributed by atoms with Crippen molar-refractivity contribution in [2.45, 2.75) is 27.2 Å². The monoisotopic (exact) mass is 265 g/mol. The van der Waals surface area contributed by atoms with E-state index in [-0.39, 0.29) is 11.6 Å². The highest BCUT2D eigenvalue weighted by molar-refractivity contribution is 7.15. The van der Waals surface area contributed by atoms with E-state index in [1.807, 2.05) is 13.8 Å². The molecule has 2 aromatic heterocycles. The number of hydrogen-bond donors (Lipinski definition) is 3. The number of thiazole rings is 1. The molecule has 6 nitrogen and oxygen atoms in total. The SMILES string of the molecule is CCc1nc(NC(=O)c2n[nH]c(C)c2N)sc1C. The third kappa shape index (κ3) is 2.21. The van der Waals surface area contributed by atoms with Crippen molar-refractivity contribution in [1.29, 1.82) is 0 Å². The van der Waals surface area contributed by atoms with Crippen LogP contribution < -0.4 is 11.1 Å². The molecule has 96 valence electrons. The number of aromatic nitrogens is 3. The molecule has 0 spiro atoms. The van der Waals surface area contributed by atoms with Crippen molar-refractivity contribution in [2.24, 2.45) is 0 Å². The molecule has 2 rings (SSSR count). The minimum Gasteiger partial charge on any atom is -0.395 e. The van der Waals surface area contributed by atoms with Crippen LogP contribution in [0.4, 0.5) is 10.8 Å². The molecule has 0 aliphatic rings. The molecule has 7 heteroatoms. The van der Waals surface area contributed by atoms with Gasteiger partial charge in [0.1, 0.15) is 0 Å². The van der Waals surface area contributed by atoms with Gasteiger partial charge in [-0.05, 0) is 20.3 Å². The summed E-state index contributed by atoms with van der Waals surface area (Å²) in [6.07, 6.45) is 0.849.